The molecule has 2 aromatic rings. The Morgan fingerprint density at radius 1 is 1.06 bits per heavy atom. The van der Waals surface area contributed by atoms with E-state index in [0.717, 1.165) is 62.6 Å². The molecule has 2 aromatic carbocycles. The van der Waals surface area contributed by atoms with E-state index in [-0.39, 0.29) is 17.5 Å². The Bertz CT molecular complexity index is 1020. The van der Waals surface area contributed by atoms with Gasteiger partial charge in [0.2, 0.25) is 5.91 Å². The molecule has 0 bridgehead atoms. The van der Waals surface area contributed by atoms with E-state index in [1.165, 1.54) is 24.0 Å². The molecule has 188 valence electrons. The number of likely N-dealkylation sites (N-methyl/N-ethyl adjacent to an activating group) is 2. The van der Waals surface area contributed by atoms with Crippen molar-refractivity contribution >= 4 is 17.5 Å². The van der Waals surface area contributed by atoms with Gasteiger partial charge in [0.1, 0.15) is 0 Å². The van der Waals surface area contributed by atoms with Gasteiger partial charge < -0.3 is 15.1 Å². The van der Waals surface area contributed by atoms with E-state index in [1.54, 1.807) is 0 Å². The number of hydrogen-bond donors (Lipinski definition) is 1. The highest BCUT2D eigenvalue weighted by molar-refractivity contribution is 6.30. The highest BCUT2D eigenvalue weighted by Gasteiger charge is 2.44. The van der Waals surface area contributed by atoms with Crippen molar-refractivity contribution in [3.63, 3.8) is 0 Å². The van der Waals surface area contributed by atoms with Crippen LogP contribution in [0.5, 0.6) is 0 Å². The van der Waals surface area contributed by atoms with Crippen molar-refractivity contribution in [3.8, 4) is 0 Å². The van der Waals surface area contributed by atoms with Gasteiger partial charge in [-0.15, -0.1) is 0 Å². The number of carbonyl (C=O) groups is 1. The van der Waals surface area contributed by atoms with Crippen LogP contribution in [0.4, 0.5) is 0 Å². The Morgan fingerprint density at radius 2 is 1.80 bits per heavy atom. The summed E-state index contributed by atoms with van der Waals surface area (Å²) < 4.78 is 0. The van der Waals surface area contributed by atoms with Gasteiger partial charge in [0.25, 0.3) is 0 Å². The number of rotatable bonds is 6. The molecular weight excluding hydrogens is 456 g/mol. The molecule has 0 saturated carbocycles. The van der Waals surface area contributed by atoms with Gasteiger partial charge in [-0.2, -0.15) is 0 Å². The summed E-state index contributed by atoms with van der Waals surface area (Å²) in [5, 5.41) is 4.40. The molecule has 5 nitrogen and oxygen atoms in total. The van der Waals surface area contributed by atoms with Gasteiger partial charge in [-0.25, -0.2) is 0 Å². The van der Waals surface area contributed by atoms with Crippen molar-refractivity contribution in [3.05, 3.63) is 70.2 Å². The average molecular weight is 495 g/mol. The summed E-state index contributed by atoms with van der Waals surface area (Å²) in [6, 6.07) is 17.2. The lowest BCUT2D eigenvalue weighted by atomic mass is 9.74. The first kappa shape index (κ1) is 24.8. The predicted octanol–water partition coefficient (Wildman–Crippen LogP) is 3.94. The molecular formula is C29H39ClN4O. The fourth-order valence-electron chi connectivity index (χ4n) is 6.49. The number of fused-ring (bicyclic) bond motifs is 2. The number of likely N-dealkylation sites (tertiary alicyclic amines) is 2. The van der Waals surface area contributed by atoms with Gasteiger partial charge in [-0.3, -0.25) is 9.69 Å². The molecule has 35 heavy (non-hydrogen) atoms. The van der Waals surface area contributed by atoms with Gasteiger partial charge in [0, 0.05) is 42.8 Å². The van der Waals surface area contributed by atoms with E-state index in [4.69, 9.17) is 11.6 Å². The zero-order valence-corrected chi connectivity index (χ0v) is 21.9. The molecule has 0 aliphatic carbocycles. The van der Waals surface area contributed by atoms with Crippen LogP contribution < -0.4 is 5.32 Å². The Kier molecular flexibility index (Phi) is 7.50. The molecule has 5 rings (SSSR count). The Balaban J connectivity index is 1.29. The fourth-order valence-corrected chi connectivity index (χ4v) is 6.61. The molecule has 0 radical (unpaired) electrons. The van der Waals surface area contributed by atoms with Crippen LogP contribution in [0.3, 0.4) is 0 Å². The first-order valence-corrected chi connectivity index (χ1v) is 13.6. The third kappa shape index (κ3) is 5.15. The summed E-state index contributed by atoms with van der Waals surface area (Å²) >= 11 is 6.11. The van der Waals surface area contributed by atoms with E-state index >= 15 is 0 Å². The average Bonchev–Trinajstić information content (AvgIpc) is 3.30. The fraction of sp³-hybridized carbons (Fsp3) is 0.552. The van der Waals surface area contributed by atoms with Crippen molar-refractivity contribution < 1.29 is 4.79 Å². The van der Waals surface area contributed by atoms with Gasteiger partial charge in [0.15, 0.2) is 0 Å². The lowest BCUT2D eigenvalue weighted by Gasteiger charge is -2.51. The maximum Gasteiger partial charge on any atom is 0.240 e. The molecule has 1 amide bonds. The molecule has 3 heterocycles. The SMILES string of the molecule is CN1CCCC1CN[C@H](Cc1ccc(Cl)cc1)C(=O)N1CCC2(CC1)c1ccccc1CCN2C. The number of halogens is 1. The molecule has 1 N–H and O–H groups in total. The minimum Gasteiger partial charge on any atom is -0.341 e. The van der Waals surface area contributed by atoms with Crippen molar-refractivity contribution in [1.29, 1.82) is 0 Å². The zero-order valence-electron chi connectivity index (χ0n) is 21.2. The second kappa shape index (κ2) is 10.6. The summed E-state index contributed by atoms with van der Waals surface area (Å²) in [6.45, 7) is 4.69. The minimum absolute atomic E-state index is 0.0529. The first-order chi connectivity index (χ1) is 17.0. The van der Waals surface area contributed by atoms with E-state index in [0.29, 0.717) is 12.5 Å². The molecule has 6 heteroatoms. The zero-order chi connectivity index (χ0) is 24.4. The number of benzene rings is 2. The van der Waals surface area contributed by atoms with Crippen molar-refractivity contribution in [2.75, 3.05) is 46.8 Å². The minimum atomic E-state index is -0.212. The number of carbonyl (C=O) groups excluding carboxylic acids is 1. The highest BCUT2D eigenvalue weighted by atomic mass is 35.5. The number of nitrogens with zero attached hydrogens (tertiary/aromatic N) is 3. The predicted molar refractivity (Wildman–Crippen MR) is 143 cm³/mol. The normalized spacial score (nSPS) is 23.4. The Morgan fingerprint density at radius 3 is 2.51 bits per heavy atom. The molecule has 0 aromatic heterocycles. The topological polar surface area (TPSA) is 38.8 Å². The van der Waals surface area contributed by atoms with Crippen molar-refractivity contribution in [1.82, 2.24) is 20.0 Å². The largest absolute Gasteiger partial charge is 0.341 e. The summed E-state index contributed by atoms with van der Waals surface area (Å²) in [6.07, 6.45) is 6.22. The van der Waals surface area contributed by atoms with E-state index < -0.39 is 0 Å². The smallest absolute Gasteiger partial charge is 0.240 e. The van der Waals surface area contributed by atoms with Crippen molar-refractivity contribution in [2.45, 2.75) is 56.1 Å². The molecule has 1 spiro atoms. The summed E-state index contributed by atoms with van der Waals surface area (Å²) in [5.74, 6) is 0.238. The number of amides is 1. The molecule has 3 aliphatic rings. The van der Waals surface area contributed by atoms with Crippen molar-refractivity contribution in [2.24, 2.45) is 0 Å². The second-order valence-electron chi connectivity index (χ2n) is 10.8. The van der Waals surface area contributed by atoms with Crippen LogP contribution in [0, 0.1) is 0 Å². The van der Waals surface area contributed by atoms with Crippen LogP contribution in [0.25, 0.3) is 0 Å². The maximum atomic E-state index is 13.9. The van der Waals surface area contributed by atoms with E-state index in [9.17, 15) is 4.79 Å². The second-order valence-corrected chi connectivity index (χ2v) is 11.2. The molecule has 1 unspecified atom stereocenters. The van der Waals surface area contributed by atoms with Crippen LogP contribution in [0.15, 0.2) is 48.5 Å². The Hall–Kier alpha value is -1.92. The van der Waals surface area contributed by atoms with Crippen LogP contribution in [-0.4, -0.2) is 79.5 Å². The first-order valence-electron chi connectivity index (χ1n) is 13.2. The summed E-state index contributed by atoms with van der Waals surface area (Å²) in [7, 11) is 4.45. The monoisotopic (exact) mass is 494 g/mol. The lowest BCUT2D eigenvalue weighted by Crippen LogP contribution is -2.58. The highest BCUT2D eigenvalue weighted by Crippen LogP contribution is 2.42. The number of hydrogen-bond acceptors (Lipinski definition) is 4. The van der Waals surface area contributed by atoms with Gasteiger partial charge in [0.05, 0.1) is 6.04 Å². The van der Waals surface area contributed by atoms with Crippen LogP contribution in [0.2, 0.25) is 5.02 Å². The van der Waals surface area contributed by atoms with E-state index in [1.807, 2.05) is 24.3 Å². The summed E-state index contributed by atoms with van der Waals surface area (Å²) in [5.41, 5.74) is 4.15. The van der Waals surface area contributed by atoms with Crippen LogP contribution in [-0.2, 0) is 23.2 Å². The van der Waals surface area contributed by atoms with Gasteiger partial charge >= 0.3 is 0 Å². The maximum absolute atomic E-state index is 13.9. The lowest BCUT2D eigenvalue weighted by molar-refractivity contribution is -0.136. The van der Waals surface area contributed by atoms with Gasteiger partial charge in [-0.05, 0) is 88.0 Å². The summed E-state index contributed by atoms with van der Waals surface area (Å²) in [4.78, 5) is 20.9. The number of nitrogens with one attached hydrogen (secondary N) is 1. The number of piperidine rings is 1. The molecule has 2 fully saturated rings. The van der Waals surface area contributed by atoms with E-state index in [2.05, 4.69) is 58.4 Å². The third-order valence-corrected chi connectivity index (χ3v) is 9.04. The van der Waals surface area contributed by atoms with Gasteiger partial charge in [-0.1, -0.05) is 48.0 Å². The Labute approximate surface area is 215 Å². The molecule has 2 saturated heterocycles. The van der Waals surface area contributed by atoms with Crippen LogP contribution >= 0.6 is 11.6 Å². The third-order valence-electron chi connectivity index (χ3n) is 8.79. The standard InChI is InChI=1S/C29H39ClN4O/c1-32-16-5-7-25(32)21-31-27(20-22-9-11-24(30)12-10-22)28(35)34-18-14-29(15-19-34)26-8-4-3-6-23(26)13-17-33(29)2/h3-4,6,8-12,25,27,31H,5,7,13-21H2,1-2H3/t25?,27-/m1/s1. The molecule has 3 aliphatic heterocycles. The molecule has 2 atom stereocenters. The quantitative estimate of drug-likeness (QED) is 0.660. The van der Waals surface area contributed by atoms with Crippen LogP contribution in [0.1, 0.15) is 42.4 Å².